The molecule has 2 fully saturated rings. The van der Waals surface area contributed by atoms with Gasteiger partial charge in [0, 0.05) is 58.6 Å². The van der Waals surface area contributed by atoms with Gasteiger partial charge in [-0.25, -0.2) is 4.98 Å². The lowest BCUT2D eigenvalue weighted by Crippen LogP contribution is -2.47. The Kier molecular flexibility index (Phi) is 4.72. The molecular formula is C15H24N6O. The zero-order valence-corrected chi connectivity index (χ0v) is 13.2. The highest BCUT2D eigenvalue weighted by Crippen LogP contribution is 2.17. The SMILES string of the molecule is CCN1CCN(c2nccc(N3CCN(C=O)CC3)n2)CC1. The Hall–Kier alpha value is -1.89. The molecule has 2 saturated heterocycles. The molecule has 0 atom stereocenters. The van der Waals surface area contributed by atoms with Crippen LogP contribution in [0.25, 0.3) is 0 Å². The number of piperazine rings is 2. The van der Waals surface area contributed by atoms with Crippen molar-refractivity contribution in [1.29, 1.82) is 0 Å². The predicted molar refractivity (Wildman–Crippen MR) is 86.2 cm³/mol. The number of hydrogen-bond donors (Lipinski definition) is 0. The smallest absolute Gasteiger partial charge is 0.227 e. The lowest BCUT2D eigenvalue weighted by Gasteiger charge is -2.35. The number of likely N-dealkylation sites (N-methyl/N-ethyl adjacent to an activating group) is 1. The van der Waals surface area contributed by atoms with Gasteiger partial charge in [0.2, 0.25) is 12.4 Å². The predicted octanol–water partition coefficient (Wildman–Crippen LogP) is -0.103. The summed E-state index contributed by atoms with van der Waals surface area (Å²) in [5, 5.41) is 0. The first-order valence-electron chi connectivity index (χ1n) is 8.05. The molecule has 2 aliphatic heterocycles. The molecule has 2 aliphatic rings. The summed E-state index contributed by atoms with van der Waals surface area (Å²) < 4.78 is 0. The number of hydrogen-bond acceptors (Lipinski definition) is 6. The summed E-state index contributed by atoms with van der Waals surface area (Å²) in [5.41, 5.74) is 0. The Balaban J connectivity index is 1.64. The summed E-state index contributed by atoms with van der Waals surface area (Å²) in [5.74, 6) is 1.79. The van der Waals surface area contributed by atoms with E-state index in [0.29, 0.717) is 0 Å². The summed E-state index contributed by atoms with van der Waals surface area (Å²) in [6.45, 7) is 10.6. The maximum absolute atomic E-state index is 10.8. The van der Waals surface area contributed by atoms with Gasteiger partial charge in [-0.05, 0) is 12.6 Å². The van der Waals surface area contributed by atoms with Crippen molar-refractivity contribution in [2.24, 2.45) is 0 Å². The molecule has 0 N–H and O–H groups in total. The van der Waals surface area contributed by atoms with Crippen molar-refractivity contribution < 1.29 is 4.79 Å². The number of amides is 1. The maximum Gasteiger partial charge on any atom is 0.227 e. The first-order valence-corrected chi connectivity index (χ1v) is 8.05. The summed E-state index contributed by atoms with van der Waals surface area (Å²) in [6.07, 6.45) is 2.77. The lowest BCUT2D eigenvalue weighted by atomic mass is 10.3. The maximum atomic E-state index is 10.8. The van der Waals surface area contributed by atoms with E-state index in [0.717, 1.165) is 77.1 Å². The Morgan fingerprint density at radius 2 is 1.73 bits per heavy atom. The molecule has 0 aliphatic carbocycles. The van der Waals surface area contributed by atoms with Gasteiger partial charge in [-0.1, -0.05) is 6.92 Å². The summed E-state index contributed by atoms with van der Waals surface area (Å²) in [7, 11) is 0. The van der Waals surface area contributed by atoms with Gasteiger partial charge in [0.05, 0.1) is 0 Å². The third-order valence-electron chi connectivity index (χ3n) is 4.52. The molecule has 0 unspecified atom stereocenters. The highest BCUT2D eigenvalue weighted by molar-refractivity contribution is 5.49. The van der Waals surface area contributed by atoms with Gasteiger partial charge in [0.15, 0.2) is 0 Å². The van der Waals surface area contributed by atoms with Gasteiger partial charge >= 0.3 is 0 Å². The van der Waals surface area contributed by atoms with Gasteiger partial charge in [0.1, 0.15) is 5.82 Å². The summed E-state index contributed by atoms with van der Waals surface area (Å²) in [4.78, 5) is 28.7. The standard InChI is InChI=1S/C15H24N6O/c1-2-18-5-11-21(12-6-18)15-16-4-3-14(17-15)20-9-7-19(13-22)8-10-20/h3-4,13H,2,5-12H2,1H3. The van der Waals surface area contributed by atoms with E-state index in [4.69, 9.17) is 4.98 Å². The molecule has 0 saturated carbocycles. The Morgan fingerprint density at radius 3 is 2.36 bits per heavy atom. The van der Waals surface area contributed by atoms with Crippen LogP contribution >= 0.6 is 0 Å². The van der Waals surface area contributed by atoms with Crippen LogP contribution < -0.4 is 9.80 Å². The molecule has 3 rings (SSSR count). The van der Waals surface area contributed by atoms with Crippen molar-refractivity contribution in [3.8, 4) is 0 Å². The molecule has 0 bridgehead atoms. The third-order valence-corrected chi connectivity index (χ3v) is 4.52. The number of aromatic nitrogens is 2. The number of carbonyl (C=O) groups excluding carboxylic acids is 1. The van der Waals surface area contributed by atoms with E-state index >= 15 is 0 Å². The van der Waals surface area contributed by atoms with Gasteiger partial charge < -0.3 is 19.6 Å². The van der Waals surface area contributed by atoms with Crippen LogP contribution in [0.15, 0.2) is 12.3 Å². The van der Waals surface area contributed by atoms with Crippen LogP contribution in [0.1, 0.15) is 6.92 Å². The second-order valence-electron chi connectivity index (χ2n) is 5.76. The van der Waals surface area contributed by atoms with E-state index < -0.39 is 0 Å². The third kappa shape index (κ3) is 3.30. The van der Waals surface area contributed by atoms with Crippen LogP contribution in [0.3, 0.4) is 0 Å². The topological polar surface area (TPSA) is 55.8 Å². The average Bonchev–Trinajstić information content (AvgIpc) is 2.62. The van der Waals surface area contributed by atoms with E-state index in [2.05, 4.69) is 26.6 Å². The minimum Gasteiger partial charge on any atom is -0.353 e. The molecule has 120 valence electrons. The quantitative estimate of drug-likeness (QED) is 0.724. The van der Waals surface area contributed by atoms with Gasteiger partial charge in [-0.15, -0.1) is 0 Å². The van der Waals surface area contributed by atoms with Crippen LogP contribution in [-0.2, 0) is 4.79 Å². The molecular weight excluding hydrogens is 280 g/mol. The Morgan fingerprint density at radius 1 is 1.05 bits per heavy atom. The Labute approximate surface area is 131 Å². The van der Waals surface area contributed by atoms with Crippen LogP contribution in [0.5, 0.6) is 0 Å². The molecule has 7 nitrogen and oxygen atoms in total. The van der Waals surface area contributed by atoms with E-state index in [1.165, 1.54) is 0 Å². The molecule has 3 heterocycles. The van der Waals surface area contributed by atoms with E-state index in [1.807, 2.05) is 17.2 Å². The molecule has 1 aromatic rings. The van der Waals surface area contributed by atoms with Gasteiger partial charge in [0.25, 0.3) is 0 Å². The molecule has 22 heavy (non-hydrogen) atoms. The van der Waals surface area contributed by atoms with Crippen molar-refractivity contribution in [3.05, 3.63) is 12.3 Å². The second kappa shape index (κ2) is 6.91. The average molecular weight is 304 g/mol. The van der Waals surface area contributed by atoms with E-state index in [-0.39, 0.29) is 0 Å². The molecule has 1 amide bonds. The van der Waals surface area contributed by atoms with Gasteiger partial charge in [-0.2, -0.15) is 4.98 Å². The van der Waals surface area contributed by atoms with Crippen molar-refractivity contribution >= 4 is 18.2 Å². The molecule has 0 radical (unpaired) electrons. The first-order chi connectivity index (χ1) is 10.8. The summed E-state index contributed by atoms with van der Waals surface area (Å²) in [6, 6.07) is 1.96. The minimum absolute atomic E-state index is 0.762. The van der Waals surface area contributed by atoms with Crippen molar-refractivity contribution in [2.75, 3.05) is 68.7 Å². The molecule has 0 spiro atoms. The van der Waals surface area contributed by atoms with Crippen LogP contribution in [-0.4, -0.2) is 85.1 Å². The lowest BCUT2D eigenvalue weighted by molar-refractivity contribution is -0.118. The number of rotatable bonds is 4. The normalized spacial score (nSPS) is 20.3. The highest BCUT2D eigenvalue weighted by Gasteiger charge is 2.20. The van der Waals surface area contributed by atoms with Crippen molar-refractivity contribution in [2.45, 2.75) is 6.92 Å². The van der Waals surface area contributed by atoms with Crippen LogP contribution in [0, 0.1) is 0 Å². The Bertz CT molecular complexity index is 495. The van der Waals surface area contributed by atoms with E-state index in [1.54, 1.807) is 0 Å². The van der Waals surface area contributed by atoms with Crippen molar-refractivity contribution in [1.82, 2.24) is 19.8 Å². The number of carbonyl (C=O) groups is 1. The van der Waals surface area contributed by atoms with E-state index in [9.17, 15) is 4.79 Å². The van der Waals surface area contributed by atoms with Gasteiger partial charge in [-0.3, -0.25) is 4.79 Å². The fourth-order valence-corrected chi connectivity index (χ4v) is 2.99. The van der Waals surface area contributed by atoms with Crippen molar-refractivity contribution in [3.63, 3.8) is 0 Å². The summed E-state index contributed by atoms with van der Waals surface area (Å²) >= 11 is 0. The molecule has 0 aromatic carbocycles. The van der Waals surface area contributed by atoms with Crippen LogP contribution in [0.2, 0.25) is 0 Å². The fourth-order valence-electron chi connectivity index (χ4n) is 2.99. The minimum atomic E-state index is 0.762. The number of anilines is 2. The second-order valence-corrected chi connectivity index (χ2v) is 5.76. The molecule has 1 aromatic heterocycles. The van der Waals surface area contributed by atoms with Crippen LogP contribution in [0.4, 0.5) is 11.8 Å². The first kappa shape index (κ1) is 15.0. The largest absolute Gasteiger partial charge is 0.353 e. The zero-order valence-electron chi connectivity index (χ0n) is 13.2. The fraction of sp³-hybridized carbons (Fsp3) is 0.667. The monoisotopic (exact) mass is 304 g/mol. The molecule has 7 heteroatoms. The number of nitrogens with zero attached hydrogens (tertiary/aromatic N) is 6. The highest BCUT2D eigenvalue weighted by atomic mass is 16.1. The zero-order chi connectivity index (χ0) is 15.4.